The summed E-state index contributed by atoms with van der Waals surface area (Å²) in [7, 11) is 0. The van der Waals surface area contributed by atoms with Crippen LogP contribution in [0, 0.1) is 13.8 Å². The van der Waals surface area contributed by atoms with E-state index >= 15 is 0 Å². The zero-order valence-corrected chi connectivity index (χ0v) is 14.2. The van der Waals surface area contributed by atoms with Gasteiger partial charge in [-0.1, -0.05) is 36.4 Å². The van der Waals surface area contributed by atoms with Crippen LogP contribution in [-0.4, -0.2) is 0 Å². The Labute approximate surface area is 141 Å². The fourth-order valence-electron chi connectivity index (χ4n) is 4.26. The minimum absolute atomic E-state index is 1.16. The van der Waals surface area contributed by atoms with Crippen molar-refractivity contribution in [3.63, 3.8) is 0 Å². The second-order valence-electron chi connectivity index (χ2n) is 7.01. The van der Waals surface area contributed by atoms with E-state index in [4.69, 9.17) is 0 Å². The van der Waals surface area contributed by atoms with Gasteiger partial charge in [0.05, 0.1) is 0 Å². The summed E-state index contributed by atoms with van der Waals surface area (Å²) in [6.45, 7) is 4.52. The van der Waals surface area contributed by atoms with Gasteiger partial charge in [-0.15, -0.1) is 0 Å². The highest BCUT2D eigenvalue weighted by Crippen LogP contribution is 2.34. The van der Waals surface area contributed by atoms with E-state index < -0.39 is 0 Å². The summed E-state index contributed by atoms with van der Waals surface area (Å²) >= 11 is 0. The maximum Gasteiger partial charge on any atom is -0.0139 e. The fourth-order valence-corrected chi connectivity index (χ4v) is 4.26. The van der Waals surface area contributed by atoms with E-state index in [2.05, 4.69) is 74.5 Å². The molecule has 4 aromatic carbocycles. The molecule has 0 aromatic heterocycles. The molecule has 4 aromatic rings. The first-order valence-electron chi connectivity index (χ1n) is 8.78. The molecule has 0 saturated heterocycles. The normalized spacial score (nSPS) is 13.8. The molecule has 0 atom stereocenters. The number of hydrogen-bond acceptors (Lipinski definition) is 0. The molecule has 0 heterocycles. The predicted molar refractivity (Wildman–Crippen MR) is 106 cm³/mol. The monoisotopic (exact) mass is 308 g/mol. The van der Waals surface area contributed by atoms with Gasteiger partial charge in [-0.2, -0.15) is 0 Å². The maximum absolute atomic E-state index is 2.39. The highest BCUT2D eigenvalue weighted by molar-refractivity contribution is 6.10. The lowest BCUT2D eigenvalue weighted by atomic mass is 9.90. The second kappa shape index (κ2) is 4.95. The van der Waals surface area contributed by atoms with Gasteiger partial charge in [0.25, 0.3) is 0 Å². The molecule has 0 radical (unpaired) electrons. The highest BCUT2D eigenvalue weighted by atomic mass is 14.1. The fraction of sp³-hybridized carbons (Fsp3) is 0.167. The molecule has 0 aliphatic heterocycles. The van der Waals surface area contributed by atoms with Crippen LogP contribution in [0.15, 0.2) is 48.5 Å². The first-order chi connectivity index (χ1) is 11.7. The van der Waals surface area contributed by atoms with E-state index in [1.165, 1.54) is 53.9 Å². The standard InChI is InChI=1S/C24H20/c1-15-21-9-5-6-10-22(21)16(2)24-14-20-12-18-8-4-3-7-17(18)11-19(20)13-23(15)24/h5-14H,3-4H2,1-2H3. The third-order valence-corrected chi connectivity index (χ3v) is 5.62. The SMILES string of the molecule is Cc1c2ccccc2c(C)c2cc3cc4c(cc3cc12)=CCCC=4. The number of rotatable bonds is 0. The third kappa shape index (κ3) is 1.86. The van der Waals surface area contributed by atoms with Crippen LogP contribution in [0.5, 0.6) is 0 Å². The summed E-state index contributed by atoms with van der Waals surface area (Å²) in [4.78, 5) is 0. The van der Waals surface area contributed by atoms with Crippen molar-refractivity contribution < 1.29 is 0 Å². The maximum atomic E-state index is 2.39. The van der Waals surface area contributed by atoms with Crippen molar-refractivity contribution in [2.24, 2.45) is 0 Å². The van der Waals surface area contributed by atoms with Gasteiger partial charge in [-0.05, 0) is 105 Å². The molecule has 0 N–H and O–H groups in total. The van der Waals surface area contributed by atoms with Crippen molar-refractivity contribution in [3.05, 3.63) is 70.1 Å². The van der Waals surface area contributed by atoms with E-state index in [0.717, 1.165) is 12.8 Å². The molecule has 1 aliphatic rings. The van der Waals surface area contributed by atoms with Gasteiger partial charge in [-0.25, -0.2) is 0 Å². The summed E-state index contributed by atoms with van der Waals surface area (Å²) in [5, 5.41) is 11.0. The summed E-state index contributed by atoms with van der Waals surface area (Å²) in [5.74, 6) is 0. The molecule has 0 bridgehead atoms. The Hall–Kier alpha value is -2.60. The van der Waals surface area contributed by atoms with Gasteiger partial charge >= 0.3 is 0 Å². The third-order valence-electron chi connectivity index (χ3n) is 5.62. The Balaban J connectivity index is 2.01. The minimum atomic E-state index is 1.16. The van der Waals surface area contributed by atoms with Crippen molar-refractivity contribution >= 4 is 44.5 Å². The molecule has 0 spiro atoms. The molecule has 1 aliphatic carbocycles. The van der Waals surface area contributed by atoms with E-state index in [-0.39, 0.29) is 0 Å². The molecule has 0 heteroatoms. The lowest BCUT2D eigenvalue weighted by molar-refractivity contribution is 1.12. The average Bonchev–Trinajstić information content (AvgIpc) is 2.63. The molecule has 0 nitrogen and oxygen atoms in total. The lowest BCUT2D eigenvalue weighted by Gasteiger charge is -2.13. The largest absolute Gasteiger partial charge is 0.0763 e. The molecule has 116 valence electrons. The Kier molecular flexibility index (Phi) is 2.84. The van der Waals surface area contributed by atoms with Gasteiger partial charge in [0.2, 0.25) is 0 Å². The summed E-state index contributed by atoms with van der Waals surface area (Å²) in [5.41, 5.74) is 2.78. The minimum Gasteiger partial charge on any atom is -0.0763 e. The van der Waals surface area contributed by atoms with Crippen molar-refractivity contribution in [3.8, 4) is 0 Å². The molecule has 5 rings (SSSR count). The molecule has 0 unspecified atom stereocenters. The number of fused-ring (bicyclic) bond motifs is 4. The quantitative estimate of drug-likeness (QED) is 0.396. The van der Waals surface area contributed by atoms with Gasteiger partial charge < -0.3 is 0 Å². The average molecular weight is 308 g/mol. The predicted octanol–water partition coefficient (Wildman–Crippen LogP) is 5.12. The van der Waals surface area contributed by atoms with Crippen LogP contribution in [0.3, 0.4) is 0 Å². The zero-order valence-electron chi connectivity index (χ0n) is 14.2. The van der Waals surface area contributed by atoms with E-state index in [1.807, 2.05) is 0 Å². The highest BCUT2D eigenvalue weighted by Gasteiger charge is 2.10. The van der Waals surface area contributed by atoms with Crippen LogP contribution < -0.4 is 10.4 Å². The van der Waals surface area contributed by atoms with Crippen molar-refractivity contribution in [1.29, 1.82) is 0 Å². The summed E-state index contributed by atoms with van der Waals surface area (Å²) in [6, 6.07) is 18.3. The van der Waals surface area contributed by atoms with Crippen molar-refractivity contribution in [2.75, 3.05) is 0 Å². The second-order valence-corrected chi connectivity index (χ2v) is 7.01. The Morgan fingerprint density at radius 2 is 1.04 bits per heavy atom. The van der Waals surface area contributed by atoms with Gasteiger partial charge in [0.15, 0.2) is 0 Å². The Morgan fingerprint density at radius 1 is 0.583 bits per heavy atom. The van der Waals surface area contributed by atoms with Crippen LogP contribution in [0.25, 0.3) is 44.5 Å². The summed E-state index contributed by atoms with van der Waals surface area (Å²) < 4.78 is 0. The number of benzene rings is 4. The molecule has 24 heavy (non-hydrogen) atoms. The topological polar surface area (TPSA) is 0 Å². The van der Waals surface area contributed by atoms with Crippen LogP contribution in [0.4, 0.5) is 0 Å². The van der Waals surface area contributed by atoms with Gasteiger partial charge in [0, 0.05) is 0 Å². The van der Waals surface area contributed by atoms with E-state index in [1.54, 1.807) is 0 Å². The number of hydrogen-bond donors (Lipinski definition) is 0. The Morgan fingerprint density at radius 3 is 1.50 bits per heavy atom. The van der Waals surface area contributed by atoms with Crippen LogP contribution in [0.2, 0.25) is 0 Å². The van der Waals surface area contributed by atoms with Gasteiger partial charge in [-0.3, -0.25) is 0 Å². The van der Waals surface area contributed by atoms with Crippen LogP contribution in [-0.2, 0) is 0 Å². The van der Waals surface area contributed by atoms with Crippen LogP contribution >= 0.6 is 0 Å². The van der Waals surface area contributed by atoms with E-state index in [9.17, 15) is 0 Å². The first kappa shape index (κ1) is 13.8. The molecule has 0 amide bonds. The molecular weight excluding hydrogens is 288 g/mol. The van der Waals surface area contributed by atoms with Crippen LogP contribution in [0.1, 0.15) is 24.0 Å². The van der Waals surface area contributed by atoms with Crippen molar-refractivity contribution in [1.82, 2.24) is 0 Å². The molecule has 0 saturated carbocycles. The molecule has 0 fully saturated rings. The Bertz CT molecular complexity index is 1160. The lowest BCUT2D eigenvalue weighted by Crippen LogP contribution is -2.26. The first-order valence-corrected chi connectivity index (χ1v) is 8.78. The smallest absolute Gasteiger partial charge is 0.0139 e. The van der Waals surface area contributed by atoms with Crippen molar-refractivity contribution in [2.45, 2.75) is 26.7 Å². The summed E-state index contributed by atoms with van der Waals surface area (Å²) in [6.07, 6.45) is 7.07. The molecular formula is C24H20. The van der Waals surface area contributed by atoms with Gasteiger partial charge in [0.1, 0.15) is 0 Å². The van der Waals surface area contributed by atoms with E-state index in [0.29, 0.717) is 0 Å². The number of aryl methyl sites for hydroxylation is 2. The zero-order chi connectivity index (χ0) is 16.3.